The average Bonchev–Trinajstić information content (AvgIpc) is 3.68. The zero-order valence-electron chi connectivity index (χ0n) is 21.3. The molecule has 7 rings (SSSR count). The van der Waals surface area contributed by atoms with Gasteiger partial charge in [0, 0.05) is 36.2 Å². The number of ether oxygens (including phenoxy) is 1. The first-order valence-electron chi connectivity index (χ1n) is 13.4. The third-order valence-electron chi connectivity index (χ3n) is 8.07. The number of anilines is 1. The molecule has 8 heteroatoms. The summed E-state index contributed by atoms with van der Waals surface area (Å²) in [6.07, 6.45) is 2.26. The van der Waals surface area contributed by atoms with E-state index in [0.29, 0.717) is 25.3 Å². The van der Waals surface area contributed by atoms with Crippen LogP contribution in [0.1, 0.15) is 46.1 Å². The molecule has 0 bridgehead atoms. The van der Waals surface area contributed by atoms with Gasteiger partial charge in [0.15, 0.2) is 0 Å². The van der Waals surface area contributed by atoms with Crippen molar-refractivity contribution in [2.24, 2.45) is 0 Å². The number of aromatic nitrogens is 1. The lowest BCUT2D eigenvalue weighted by molar-refractivity contribution is -0.120. The van der Waals surface area contributed by atoms with Crippen molar-refractivity contribution in [2.45, 2.75) is 37.5 Å². The second kappa shape index (κ2) is 9.39. The van der Waals surface area contributed by atoms with Crippen LogP contribution in [0.2, 0.25) is 0 Å². The Bertz CT molecular complexity index is 1590. The standard InChI is InChI=1S/C31H28N4O4/c36-29(32-18-20-11-8-16-39-20)22-13-5-7-15-25(22)35-30(37)26-17-23-21-12-4-6-14-24(21)33-27(23)28(34(26)31(35)38)19-9-2-1-3-10-19/h1-7,9-10,12-15,20,26,28,33H,8,11,16-18H2,(H,32,36)/t20?,26-,28?/m0/s1. The largest absolute Gasteiger partial charge is 0.376 e. The van der Waals surface area contributed by atoms with Crippen molar-refractivity contribution in [3.05, 3.63) is 101 Å². The Hall–Kier alpha value is -4.43. The van der Waals surface area contributed by atoms with Crippen molar-refractivity contribution in [2.75, 3.05) is 18.1 Å². The molecule has 3 aromatic carbocycles. The van der Waals surface area contributed by atoms with Gasteiger partial charge in [-0.25, -0.2) is 9.69 Å². The van der Waals surface area contributed by atoms with Crippen LogP contribution in [0.3, 0.4) is 0 Å². The monoisotopic (exact) mass is 520 g/mol. The van der Waals surface area contributed by atoms with E-state index in [1.165, 1.54) is 4.90 Å². The quantitative estimate of drug-likeness (QED) is 0.377. The number of rotatable bonds is 5. The summed E-state index contributed by atoms with van der Waals surface area (Å²) >= 11 is 0. The summed E-state index contributed by atoms with van der Waals surface area (Å²) in [6.45, 7) is 1.09. The highest BCUT2D eigenvalue weighted by molar-refractivity contribution is 6.24. The molecular formula is C31H28N4O4. The van der Waals surface area contributed by atoms with Gasteiger partial charge >= 0.3 is 6.03 Å². The summed E-state index contributed by atoms with van der Waals surface area (Å²) in [5.74, 6) is -0.654. The summed E-state index contributed by atoms with van der Waals surface area (Å²) in [7, 11) is 0. The number of H-pyrrole nitrogens is 1. The summed E-state index contributed by atoms with van der Waals surface area (Å²) in [6, 6.07) is 23.0. The van der Waals surface area contributed by atoms with E-state index in [2.05, 4.69) is 16.4 Å². The zero-order chi connectivity index (χ0) is 26.5. The second-order valence-corrected chi connectivity index (χ2v) is 10.3. The molecule has 4 heterocycles. The summed E-state index contributed by atoms with van der Waals surface area (Å²) in [4.78, 5) is 47.9. The van der Waals surface area contributed by atoms with Gasteiger partial charge in [0.25, 0.3) is 11.8 Å². The predicted molar refractivity (Wildman–Crippen MR) is 147 cm³/mol. The number of imide groups is 1. The van der Waals surface area contributed by atoms with Crippen LogP contribution in [-0.4, -0.2) is 53.0 Å². The molecule has 2 unspecified atom stereocenters. The van der Waals surface area contributed by atoms with Gasteiger partial charge in [-0.2, -0.15) is 0 Å². The zero-order valence-corrected chi connectivity index (χ0v) is 21.3. The number of carbonyl (C=O) groups is 3. The van der Waals surface area contributed by atoms with Gasteiger partial charge in [0.1, 0.15) is 12.1 Å². The molecule has 196 valence electrons. The third-order valence-corrected chi connectivity index (χ3v) is 8.07. The highest BCUT2D eigenvalue weighted by Crippen LogP contribution is 2.45. The molecule has 8 nitrogen and oxygen atoms in total. The van der Waals surface area contributed by atoms with Crippen LogP contribution < -0.4 is 10.2 Å². The Morgan fingerprint density at radius 3 is 2.56 bits per heavy atom. The number of fused-ring (bicyclic) bond motifs is 4. The summed E-state index contributed by atoms with van der Waals surface area (Å²) in [5, 5.41) is 3.99. The molecule has 2 saturated heterocycles. The number of nitrogens with zero attached hydrogens (tertiary/aromatic N) is 2. The molecule has 0 radical (unpaired) electrons. The van der Waals surface area contributed by atoms with E-state index in [9.17, 15) is 14.4 Å². The maximum Gasteiger partial charge on any atom is 0.332 e. The lowest BCUT2D eigenvalue weighted by atomic mass is 9.89. The lowest BCUT2D eigenvalue weighted by Crippen LogP contribution is -2.44. The van der Waals surface area contributed by atoms with Gasteiger partial charge in [0.2, 0.25) is 0 Å². The van der Waals surface area contributed by atoms with Gasteiger partial charge in [0.05, 0.1) is 17.4 Å². The Morgan fingerprint density at radius 2 is 1.74 bits per heavy atom. The first-order valence-corrected chi connectivity index (χ1v) is 13.4. The SMILES string of the molecule is O=C(NCC1CCCO1)c1ccccc1N1C(=O)[C@@H]2Cc3c([nH]c4ccccc34)C(c3ccccc3)N2C1=O. The number of hydrogen-bond donors (Lipinski definition) is 2. The van der Waals surface area contributed by atoms with Crippen molar-refractivity contribution in [3.63, 3.8) is 0 Å². The Labute approximate surface area is 225 Å². The van der Waals surface area contributed by atoms with E-state index in [-0.39, 0.29) is 23.5 Å². The van der Waals surface area contributed by atoms with Crippen molar-refractivity contribution in [3.8, 4) is 0 Å². The van der Waals surface area contributed by atoms with Crippen molar-refractivity contribution >= 4 is 34.4 Å². The minimum Gasteiger partial charge on any atom is -0.376 e. The minimum absolute atomic E-state index is 0.0133. The Morgan fingerprint density at radius 1 is 0.974 bits per heavy atom. The van der Waals surface area contributed by atoms with Gasteiger partial charge in [-0.3, -0.25) is 14.5 Å². The lowest BCUT2D eigenvalue weighted by Gasteiger charge is -2.36. The molecule has 0 saturated carbocycles. The fourth-order valence-corrected chi connectivity index (χ4v) is 6.25. The molecule has 4 amide bonds. The van der Waals surface area contributed by atoms with Gasteiger partial charge in [-0.05, 0) is 42.2 Å². The van der Waals surface area contributed by atoms with Crippen LogP contribution in [-0.2, 0) is 16.0 Å². The minimum atomic E-state index is -0.683. The van der Waals surface area contributed by atoms with Gasteiger partial charge in [-0.15, -0.1) is 0 Å². The molecule has 0 spiro atoms. The van der Waals surface area contributed by atoms with Crippen LogP contribution in [0, 0.1) is 0 Å². The number of hydrogen-bond acceptors (Lipinski definition) is 4. The maximum absolute atomic E-state index is 14.2. The fourth-order valence-electron chi connectivity index (χ4n) is 6.25. The predicted octanol–water partition coefficient (Wildman–Crippen LogP) is 4.56. The molecule has 4 aromatic rings. The van der Waals surface area contributed by atoms with Crippen LogP contribution in [0.5, 0.6) is 0 Å². The molecule has 39 heavy (non-hydrogen) atoms. The molecule has 3 atom stereocenters. The topological polar surface area (TPSA) is 94.7 Å². The molecular weight excluding hydrogens is 492 g/mol. The number of urea groups is 1. The molecule has 1 aromatic heterocycles. The molecule has 3 aliphatic rings. The first kappa shape index (κ1) is 23.7. The molecule has 0 aliphatic carbocycles. The number of benzene rings is 3. The molecule has 2 fully saturated rings. The second-order valence-electron chi connectivity index (χ2n) is 10.3. The van der Waals surface area contributed by atoms with E-state index in [4.69, 9.17) is 4.74 Å². The van der Waals surface area contributed by atoms with Crippen LogP contribution in [0.15, 0.2) is 78.9 Å². The first-order chi connectivity index (χ1) is 19.1. The highest BCUT2D eigenvalue weighted by Gasteiger charge is 2.53. The van der Waals surface area contributed by atoms with E-state index in [1.807, 2.05) is 48.5 Å². The number of para-hydroxylation sites is 2. The maximum atomic E-state index is 14.2. The number of aromatic amines is 1. The van der Waals surface area contributed by atoms with Crippen LogP contribution in [0.25, 0.3) is 10.9 Å². The summed E-state index contributed by atoms with van der Waals surface area (Å²) < 4.78 is 5.63. The number of nitrogens with one attached hydrogen (secondary N) is 2. The third kappa shape index (κ3) is 3.82. The molecule has 2 N–H and O–H groups in total. The van der Waals surface area contributed by atoms with Crippen LogP contribution in [0.4, 0.5) is 10.5 Å². The highest BCUT2D eigenvalue weighted by atomic mass is 16.5. The smallest absolute Gasteiger partial charge is 0.332 e. The number of carbonyl (C=O) groups excluding carboxylic acids is 3. The normalized spacial score (nSPS) is 22.3. The van der Waals surface area contributed by atoms with Crippen molar-refractivity contribution < 1.29 is 19.1 Å². The Balaban J connectivity index is 1.28. The van der Waals surface area contributed by atoms with Gasteiger partial charge < -0.3 is 15.0 Å². The fraction of sp³-hybridized carbons (Fsp3) is 0.258. The van der Waals surface area contributed by atoms with Crippen molar-refractivity contribution in [1.29, 1.82) is 0 Å². The van der Waals surface area contributed by atoms with E-state index < -0.39 is 18.1 Å². The number of amides is 4. The Kier molecular flexibility index (Phi) is 5.70. The van der Waals surface area contributed by atoms with E-state index in [1.54, 1.807) is 29.2 Å². The van der Waals surface area contributed by atoms with E-state index in [0.717, 1.165) is 40.6 Å². The summed E-state index contributed by atoms with van der Waals surface area (Å²) in [5.41, 5.74) is 4.45. The average molecular weight is 521 g/mol. The van der Waals surface area contributed by atoms with Gasteiger partial charge in [-0.1, -0.05) is 60.7 Å². The molecule has 3 aliphatic heterocycles. The van der Waals surface area contributed by atoms with Crippen LogP contribution >= 0.6 is 0 Å². The van der Waals surface area contributed by atoms with E-state index >= 15 is 0 Å². The van der Waals surface area contributed by atoms with Crippen molar-refractivity contribution in [1.82, 2.24) is 15.2 Å².